The first kappa shape index (κ1) is 15.0. The largest absolute Gasteiger partial charge is 0.464 e. The highest BCUT2D eigenvalue weighted by atomic mass is 35.5. The SMILES string of the molecule is COC(=O)c1cn(CC(=O)Nc2ccc(C)c(Cl)c2)nn1. The fourth-order valence-electron chi connectivity index (χ4n) is 1.59. The molecule has 0 aliphatic carbocycles. The quantitative estimate of drug-likeness (QED) is 0.868. The minimum absolute atomic E-state index is 0.0451. The summed E-state index contributed by atoms with van der Waals surface area (Å²) in [7, 11) is 1.25. The van der Waals surface area contributed by atoms with Crippen molar-refractivity contribution in [1.82, 2.24) is 15.0 Å². The van der Waals surface area contributed by atoms with Gasteiger partial charge < -0.3 is 10.1 Å². The first-order valence-corrected chi connectivity index (χ1v) is 6.42. The third-order valence-corrected chi connectivity index (χ3v) is 3.10. The van der Waals surface area contributed by atoms with Crippen LogP contribution in [-0.4, -0.2) is 34.0 Å². The predicted molar refractivity (Wildman–Crippen MR) is 76.2 cm³/mol. The van der Waals surface area contributed by atoms with Crippen LogP contribution in [0.3, 0.4) is 0 Å². The molecule has 2 rings (SSSR count). The Balaban J connectivity index is 1.99. The Morgan fingerprint density at radius 1 is 1.43 bits per heavy atom. The summed E-state index contributed by atoms with van der Waals surface area (Å²) in [5.41, 5.74) is 1.56. The molecule has 0 atom stereocenters. The molecule has 0 spiro atoms. The number of ether oxygens (including phenoxy) is 1. The van der Waals surface area contributed by atoms with Crippen molar-refractivity contribution in [3.05, 3.63) is 40.7 Å². The maximum Gasteiger partial charge on any atom is 0.360 e. The number of hydrogen-bond acceptors (Lipinski definition) is 5. The smallest absolute Gasteiger partial charge is 0.360 e. The minimum Gasteiger partial charge on any atom is -0.464 e. The van der Waals surface area contributed by atoms with E-state index >= 15 is 0 Å². The zero-order valence-electron chi connectivity index (χ0n) is 11.5. The second-order valence-corrected chi connectivity index (χ2v) is 4.71. The molecule has 1 aromatic carbocycles. The van der Waals surface area contributed by atoms with E-state index in [1.54, 1.807) is 12.1 Å². The van der Waals surface area contributed by atoms with E-state index in [2.05, 4.69) is 20.4 Å². The van der Waals surface area contributed by atoms with Crippen molar-refractivity contribution in [3.8, 4) is 0 Å². The van der Waals surface area contributed by atoms with Crippen molar-refractivity contribution in [2.45, 2.75) is 13.5 Å². The van der Waals surface area contributed by atoms with Gasteiger partial charge >= 0.3 is 5.97 Å². The third-order valence-electron chi connectivity index (χ3n) is 2.69. The summed E-state index contributed by atoms with van der Waals surface area (Å²) in [5, 5.41) is 10.5. The third kappa shape index (κ3) is 3.79. The molecule has 0 bridgehead atoms. The second kappa shape index (κ2) is 6.36. The molecule has 0 aliphatic rings. The lowest BCUT2D eigenvalue weighted by Crippen LogP contribution is -2.19. The summed E-state index contributed by atoms with van der Waals surface area (Å²) in [6.07, 6.45) is 1.34. The van der Waals surface area contributed by atoms with E-state index in [9.17, 15) is 9.59 Å². The van der Waals surface area contributed by atoms with Crippen LogP contribution in [-0.2, 0) is 16.1 Å². The monoisotopic (exact) mass is 308 g/mol. The number of nitrogens with zero attached hydrogens (tertiary/aromatic N) is 3. The molecule has 8 heteroatoms. The van der Waals surface area contributed by atoms with Crippen molar-refractivity contribution < 1.29 is 14.3 Å². The molecule has 0 saturated carbocycles. The topological polar surface area (TPSA) is 86.1 Å². The standard InChI is InChI=1S/C13H13ClN4O3/c1-8-3-4-9(5-10(8)14)15-12(19)7-18-6-11(16-17-18)13(20)21-2/h3-6H,7H2,1-2H3,(H,15,19). The number of esters is 1. The van der Waals surface area contributed by atoms with E-state index in [1.165, 1.54) is 18.0 Å². The number of rotatable bonds is 4. The van der Waals surface area contributed by atoms with Crippen LogP contribution in [0.2, 0.25) is 5.02 Å². The van der Waals surface area contributed by atoms with Gasteiger partial charge in [-0.3, -0.25) is 4.79 Å². The first-order valence-electron chi connectivity index (χ1n) is 6.04. The average molecular weight is 309 g/mol. The van der Waals surface area contributed by atoms with Gasteiger partial charge in [0.05, 0.1) is 13.3 Å². The predicted octanol–water partition coefficient (Wildman–Crippen LogP) is 1.67. The van der Waals surface area contributed by atoms with Gasteiger partial charge in [0.15, 0.2) is 5.69 Å². The zero-order valence-corrected chi connectivity index (χ0v) is 12.2. The van der Waals surface area contributed by atoms with Gasteiger partial charge in [-0.15, -0.1) is 5.10 Å². The highest BCUT2D eigenvalue weighted by molar-refractivity contribution is 6.31. The Morgan fingerprint density at radius 2 is 2.19 bits per heavy atom. The number of anilines is 1. The summed E-state index contributed by atoms with van der Waals surface area (Å²) in [5.74, 6) is -0.914. The van der Waals surface area contributed by atoms with Crippen LogP contribution in [0.15, 0.2) is 24.4 Å². The van der Waals surface area contributed by atoms with E-state index in [-0.39, 0.29) is 18.1 Å². The highest BCUT2D eigenvalue weighted by Gasteiger charge is 2.12. The van der Waals surface area contributed by atoms with E-state index in [4.69, 9.17) is 11.6 Å². The fourth-order valence-corrected chi connectivity index (χ4v) is 1.77. The summed E-state index contributed by atoms with van der Waals surface area (Å²) >= 11 is 5.98. The van der Waals surface area contributed by atoms with Gasteiger partial charge in [0.2, 0.25) is 5.91 Å². The molecule has 0 saturated heterocycles. The Bertz CT molecular complexity index is 684. The van der Waals surface area contributed by atoms with Crippen LogP contribution >= 0.6 is 11.6 Å². The van der Waals surface area contributed by atoms with Crippen LogP contribution in [0.25, 0.3) is 0 Å². The Morgan fingerprint density at radius 3 is 2.86 bits per heavy atom. The normalized spacial score (nSPS) is 10.2. The van der Waals surface area contributed by atoms with Crippen LogP contribution < -0.4 is 5.32 Å². The lowest BCUT2D eigenvalue weighted by molar-refractivity contribution is -0.116. The minimum atomic E-state index is -0.605. The lowest BCUT2D eigenvalue weighted by atomic mass is 10.2. The number of benzene rings is 1. The van der Waals surface area contributed by atoms with Crippen LogP contribution in [0.4, 0.5) is 5.69 Å². The van der Waals surface area contributed by atoms with Gasteiger partial charge in [-0.25, -0.2) is 9.48 Å². The van der Waals surface area contributed by atoms with E-state index in [1.807, 2.05) is 13.0 Å². The van der Waals surface area contributed by atoms with Crippen molar-refractivity contribution in [2.24, 2.45) is 0 Å². The van der Waals surface area contributed by atoms with Crippen LogP contribution in [0.5, 0.6) is 0 Å². The lowest BCUT2D eigenvalue weighted by Gasteiger charge is -2.06. The number of carbonyl (C=O) groups is 2. The maximum atomic E-state index is 11.9. The van der Waals surface area contributed by atoms with E-state index < -0.39 is 5.97 Å². The number of nitrogens with one attached hydrogen (secondary N) is 1. The van der Waals surface area contributed by atoms with Gasteiger partial charge in [0.25, 0.3) is 0 Å². The van der Waals surface area contributed by atoms with Crippen LogP contribution in [0.1, 0.15) is 16.1 Å². The summed E-state index contributed by atoms with van der Waals surface area (Å²) in [6, 6.07) is 5.22. The summed E-state index contributed by atoms with van der Waals surface area (Å²) in [6.45, 7) is 1.80. The molecule has 21 heavy (non-hydrogen) atoms. The molecule has 1 heterocycles. The van der Waals surface area contributed by atoms with Crippen LogP contribution in [0, 0.1) is 6.92 Å². The number of aryl methyl sites for hydroxylation is 1. The summed E-state index contributed by atoms with van der Waals surface area (Å²) in [4.78, 5) is 23.1. The fraction of sp³-hybridized carbons (Fsp3) is 0.231. The van der Waals surface area contributed by atoms with Gasteiger partial charge in [-0.1, -0.05) is 22.9 Å². The van der Waals surface area contributed by atoms with Crippen molar-refractivity contribution >= 4 is 29.2 Å². The molecule has 1 N–H and O–H groups in total. The number of methoxy groups -OCH3 is 1. The number of amides is 1. The van der Waals surface area contributed by atoms with E-state index in [0.29, 0.717) is 10.7 Å². The van der Waals surface area contributed by atoms with Crippen molar-refractivity contribution in [2.75, 3.05) is 12.4 Å². The first-order chi connectivity index (χ1) is 9.99. The average Bonchev–Trinajstić information content (AvgIpc) is 2.90. The molecule has 0 aliphatic heterocycles. The molecule has 1 amide bonds. The maximum absolute atomic E-state index is 11.9. The molecule has 0 radical (unpaired) electrons. The molecular weight excluding hydrogens is 296 g/mol. The van der Waals surface area contributed by atoms with Crippen molar-refractivity contribution in [1.29, 1.82) is 0 Å². The van der Waals surface area contributed by atoms with Crippen molar-refractivity contribution in [3.63, 3.8) is 0 Å². The highest BCUT2D eigenvalue weighted by Crippen LogP contribution is 2.19. The van der Waals surface area contributed by atoms with Gasteiger partial charge in [0.1, 0.15) is 6.54 Å². The Hall–Kier alpha value is -2.41. The van der Waals surface area contributed by atoms with Gasteiger partial charge in [-0.05, 0) is 24.6 Å². The Labute approximate surface area is 125 Å². The number of carbonyl (C=O) groups excluding carboxylic acids is 2. The number of halogens is 1. The molecule has 7 nitrogen and oxygen atoms in total. The number of aromatic nitrogens is 3. The number of hydrogen-bond donors (Lipinski definition) is 1. The molecular formula is C13H13ClN4O3. The van der Waals surface area contributed by atoms with Gasteiger partial charge in [0, 0.05) is 10.7 Å². The molecule has 0 fully saturated rings. The van der Waals surface area contributed by atoms with Gasteiger partial charge in [-0.2, -0.15) is 0 Å². The molecule has 0 unspecified atom stereocenters. The Kier molecular flexibility index (Phi) is 4.54. The molecule has 1 aromatic heterocycles. The van der Waals surface area contributed by atoms with E-state index in [0.717, 1.165) is 5.56 Å². The zero-order chi connectivity index (χ0) is 15.4. The second-order valence-electron chi connectivity index (χ2n) is 4.31. The molecule has 110 valence electrons. The summed E-state index contributed by atoms with van der Waals surface area (Å²) < 4.78 is 5.75. The molecule has 2 aromatic rings.